The van der Waals surface area contributed by atoms with E-state index >= 15 is 0 Å². The molecule has 0 spiro atoms. The molecule has 22 heavy (non-hydrogen) atoms. The van der Waals surface area contributed by atoms with E-state index in [4.69, 9.17) is 4.74 Å². The third-order valence-corrected chi connectivity index (χ3v) is 5.47. The van der Waals surface area contributed by atoms with Crippen LogP contribution in [-0.2, 0) is 14.6 Å². The first kappa shape index (κ1) is 15.7. The molecule has 2 heterocycles. The van der Waals surface area contributed by atoms with Gasteiger partial charge in [-0.25, -0.2) is 8.42 Å². The van der Waals surface area contributed by atoms with Gasteiger partial charge in [-0.2, -0.15) is 0 Å². The quantitative estimate of drug-likeness (QED) is 0.795. The fraction of sp³-hybridized carbons (Fsp3) is 0.400. The largest absolute Gasteiger partial charge is 0.378 e. The second kappa shape index (κ2) is 5.79. The molecule has 1 aromatic heterocycles. The number of aryl methyl sites for hydroxylation is 1. The van der Waals surface area contributed by atoms with Crippen molar-refractivity contribution in [3.63, 3.8) is 0 Å². The highest BCUT2D eigenvalue weighted by Crippen LogP contribution is 2.36. The number of benzene rings is 1. The number of anilines is 1. The number of fused-ring (bicyclic) bond motifs is 1. The Morgan fingerprint density at radius 2 is 1.95 bits per heavy atom. The second-order valence-corrected chi connectivity index (χ2v) is 8.28. The highest BCUT2D eigenvalue weighted by atomic mass is 79.9. The number of aromatic nitrogens is 1. The van der Waals surface area contributed by atoms with Gasteiger partial charge >= 0.3 is 0 Å². The molecule has 0 amide bonds. The number of nitrogens with zero attached hydrogens (tertiary/aromatic N) is 2. The summed E-state index contributed by atoms with van der Waals surface area (Å²) >= 11 is 3.46. The van der Waals surface area contributed by atoms with Crippen molar-refractivity contribution in [2.45, 2.75) is 11.8 Å². The molecule has 2 aromatic rings. The first-order valence-electron chi connectivity index (χ1n) is 7.00. The van der Waals surface area contributed by atoms with Crippen LogP contribution in [0.2, 0.25) is 0 Å². The van der Waals surface area contributed by atoms with E-state index in [1.807, 2.05) is 18.2 Å². The molecule has 5 nitrogen and oxygen atoms in total. The maximum atomic E-state index is 12.3. The van der Waals surface area contributed by atoms with Crippen LogP contribution in [0.3, 0.4) is 0 Å². The van der Waals surface area contributed by atoms with E-state index < -0.39 is 9.84 Å². The molecule has 1 saturated heterocycles. The fourth-order valence-corrected chi connectivity index (χ4v) is 4.40. The van der Waals surface area contributed by atoms with Crippen LogP contribution < -0.4 is 4.90 Å². The van der Waals surface area contributed by atoms with Crippen LogP contribution in [0.15, 0.2) is 27.6 Å². The summed E-state index contributed by atoms with van der Waals surface area (Å²) < 4.78 is 31.0. The molecule has 7 heteroatoms. The predicted octanol–water partition coefficient (Wildman–Crippen LogP) is 2.55. The number of hydrogen-bond acceptors (Lipinski definition) is 5. The number of sulfone groups is 1. The smallest absolute Gasteiger partial charge is 0.179 e. The molecule has 118 valence electrons. The van der Waals surface area contributed by atoms with Crippen LogP contribution in [-0.4, -0.2) is 46.0 Å². The van der Waals surface area contributed by atoms with Crippen molar-refractivity contribution >= 4 is 42.4 Å². The Balaban J connectivity index is 2.38. The van der Waals surface area contributed by atoms with Gasteiger partial charge in [0, 0.05) is 29.2 Å². The summed E-state index contributed by atoms with van der Waals surface area (Å²) in [6, 6.07) is 5.75. The first-order valence-corrected chi connectivity index (χ1v) is 9.69. The lowest BCUT2D eigenvalue weighted by Gasteiger charge is -2.31. The maximum absolute atomic E-state index is 12.3. The van der Waals surface area contributed by atoms with Crippen molar-refractivity contribution in [3.8, 4) is 0 Å². The molecule has 0 N–H and O–H groups in total. The molecule has 0 atom stereocenters. The van der Waals surface area contributed by atoms with Gasteiger partial charge in [-0.15, -0.1) is 0 Å². The summed E-state index contributed by atoms with van der Waals surface area (Å²) in [4.78, 5) is 6.89. The van der Waals surface area contributed by atoms with Gasteiger partial charge in [0.15, 0.2) is 9.84 Å². The normalized spacial score (nSPS) is 16.2. The summed E-state index contributed by atoms with van der Waals surface area (Å²) in [5, 5.41) is 0.849. The van der Waals surface area contributed by atoms with Gasteiger partial charge in [-0.3, -0.25) is 4.98 Å². The van der Waals surface area contributed by atoms with Gasteiger partial charge in [0.2, 0.25) is 0 Å². The highest BCUT2D eigenvalue weighted by molar-refractivity contribution is 9.10. The summed E-state index contributed by atoms with van der Waals surface area (Å²) in [6.45, 7) is 4.29. The Hall–Kier alpha value is -1.18. The van der Waals surface area contributed by atoms with E-state index in [0.29, 0.717) is 36.9 Å². The summed E-state index contributed by atoms with van der Waals surface area (Å²) in [7, 11) is -3.38. The van der Waals surface area contributed by atoms with Crippen LogP contribution in [0.4, 0.5) is 5.69 Å². The monoisotopic (exact) mass is 384 g/mol. The average molecular weight is 385 g/mol. The molecule has 0 radical (unpaired) electrons. The van der Waals surface area contributed by atoms with Crippen LogP contribution in [0.25, 0.3) is 10.9 Å². The number of hydrogen-bond donors (Lipinski definition) is 0. The van der Waals surface area contributed by atoms with Gasteiger partial charge in [0.05, 0.1) is 30.1 Å². The molecule has 0 bridgehead atoms. The minimum absolute atomic E-state index is 0.319. The predicted molar refractivity (Wildman–Crippen MR) is 90.3 cm³/mol. The number of morpholine rings is 1. The average Bonchev–Trinajstić information content (AvgIpc) is 2.46. The van der Waals surface area contributed by atoms with Gasteiger partial charge in [0.1, 0.15) is 4.90 Å². The van der Waals surface area contributed by atoms with Gasteiger partial charge in [-0.1, -0.05) is 15.9 Å². The van der Waals surface area contributed by atoms with E-state index in [1.165, 1.54) is 6.26 Å². The zero-order chi connectivity index (χ0) is 15.9. The summed E-state index contributed by atoms with van der Waals surface area (Å²) in [5.74, 6) is 0. The Morgan fingerprint density at radius 1 is 1.27 bits per heavy atom. The van der Waals surface area contributed by atoms with Crippen LogP contribution >= 0.6 is 15.9 Å². The molecule has 0 aliphatic carbocycles. The molecular weight excluding hydrogens is 368 g/mol. The molecule has 1 aliphatic rings. The minimum atomic E-state index is -3.38. The molecule has 1 aliphatic heterocycles. The number of ether oxygens (including phenoxy) is 1. The first-order chi connectivity index (χ1) is 10.4. The SMILES string of the molecule is Cc1nc2ccc(Br)cc2c(N2CCOCC2)c1S(C)(=O)=O. The Morgan fingerprint density at radius 3 is 2.59 bits per heavy atom. The van der Waals surface area contributed by atoms with E-state index in [-0.39, 0.29) is 0 Å². The van der Waals surface area contributed by atoms with Crippen LogP contribution in [0.5, 0.6) is 0 Å². The Labute approximate surface area is 138 Å². The van der Waals surface area contributed by atoms with E-state index in [9.17, 15) is 8.42 Å². The van der Waals surface area contributed by atoms with Crippen molar-refractivity contribution in [2.24, 2.45) is 0 Å². The molecule has 1 fully saturated rings. The van der Waals surface area contributed by atoms with Gasteiger partial charge in [-0.05, 0) is 25.1 Å². The van der Waals surface area contributed by atoms with Crippen molar-refractivity contribution < 1.29 is 13.2 Å². The maximum Gasteiger partial charge on any atom is 0.179 e. The molecule has 0 unspecified atom stereocenters. The van der Waals surface area contributed by atoms with Gasteiger partial charge in [0.25, 0.3) is 0 Å². The van der Waals surface area contributed by atoms with Crippen LogP contribution in [0.1, 0.15) is 5.69 Å². The van der Waals surface area contributed by atoms with Gasteiger partial charge < -0.3 is 9.64 Å². The fourth-order valence-electron chi connectivity index (χ4n) is 2.87. The number of pyridine rings is 1. The second-order valence-electron chi connectivity index (χ2n) is 5.41. The van der Waals surface area contributed by atoms with E-state index in [1.54, 1.807) is 6.92 Å². The molecule has 1 aromatic carbocycles. The van der Waals surface area contributed by atoms with E-state index in [2.05, 4.69) is 25.8 Å². The third-order valence-electron chi connectivity index (χ3n) is 3.74. The molecular formula is C15H17BrN2O3S. The lowest BCUT2D eigenvalue weighted by atomic mass is 10.1. The molecule has 3 rings (SSSR count). The Kier molecular flexibility index (Phi) is 4.13. The zero-order valence-corrected chi connectivity index (χ0v) is 14.9. The van der Waals surface area contributed by atoms with Crippen molar-refractivity contribution in [1.82, 2.24) is 4.98 Å². The summed E-state index contributed by atoms with van der Waals surface area (Å²) in [5.41, 5.74) is 2.09. The highest BCUT2D eigenvalue weighted by Gasteiger charge is 2.26. The van der Waals surface area contributed by atoms with Crippen molar-refractivity contribution in [2.75, 3.05) is 37.5 Å². The standard InChI is InChI=1S/C15H17BrN2O3S/c1-10-15(22(2,19)20)14(18-5-7-21-8-6-18)12-9-11(16)3-4-13(12)17-10/h3-4,9H,5-8H2,1-2H3. The Bertz CT molecular complexity index is 830. The van der Waals surface area contributed by atoms with Crippen molar-refractivity contribution in [1.29, 1.82) is 0 Å². The number of halogens is 1. The zero-order valence-electron chi connectivity index (χ0n) is 12.5. The lowest BCUT2D eigenvalue weighted by Crippen LogP contribution is -2.37. The lowest BCUT2D eigenvalue weighted by molar-refractivity contribution is 0.122. The summed E-state index contributed by atoms with van der Waals surface area (Å²) in [6.07, 6.45) is 1.24. The minimum Gasteiger partial charge on any atom is -0.378 e. The van der Waals surface area contributed by atoms with Crippen molar-refractivity contribution in [3.05, 3.63) is 28.4 Å². The third kappa shape index (κ3) is 2.85. The topological polar surface area (TPSA) is 59.5 Å². The molecule has 0 saturated carbocycles. The van der Waals surface area contributed by atoms with Crippen LogP contribution in [0, 0.1) is 6.92 Å². The van der Waals surface area contributed by atoms with E-state index in [0.717, 1.165) is 21.1 Å². The number of rotatable bonds is 2.